The van der Waals surface area contributed by atoms with Crippen molar-refractivity contribution in [3.05, 3.63) is 64.1 Å². The molecular weight excluding hydrogens is 352 g/mol. The first-order chi connectivity index (χ1) is 12.1. The fourth-order valence-electron chi connectivity index (χ4n) is 2.81. The van der Waals surface area contributed by atoms with Crippen LogP contribution in [0.1, 0.15) is 24.0 Å². The number of nitrogen functional groups attached to an aromatic ring is 1. The number of nitrogens with two attached hydrogens (primary N) is 1. The Kier molecular flexibility index (Phi) is 6.86. The zero-order valence-electron chi connectivity index (χ0n) is 14.4. The lowest BCUT2D eigenvalue weighted by Crippen LogP contribution is -2.25. The molecule has 0 saturated carbocycles. The smallest absolute Gasteiger partial charge is 0.323 e. The molecule has 0 spiro atoms. The second kappa shape index (κ2) is 9.10. The molecule has 6 nitrogen and oxygen atoms in total. The Morgan fingerprint density at radius 1 is 0.962 bits per heavy atom. The molecule has 0 aliphatic heterocycles. The zero-order valence-corrected chi connectivity index (χ0v) is 15.2. The van der Waals surface area contributed by atoms with E-state index in [1.165, 1.54) is 0 Å². The Balaban J connectivity index is 0.00000243. The average molecular weight is 375 g/mol. The Morgan fingerprint density at radius 3 is 2.42 bits per heavy atom. The van der Waals surface area contributed by atoms with Crippen LogP contribution in [0.15, 0.2) is 47.3 Å². The predicted octanol–water partition coefficient (Wildman–Crippen LogP) is 2.54. The number of fused-ring (bicyclic) bond motifs is 1. The number of imidazole rings is 1. The van der Waals surface area contributed by atoms with E-state index in [0.29, 0.717) is 13.0 Å². The van der Waals surface area contributed by atoms with Gasteiger partial charge in [0.15, 0.2) is 0 Å². The number of halogens is 1. The molecule has 1 heterocycles. The molecule has 0 atom stereocenters. The number of carbonyl (C=O) groups is 1. The second-order valence-corrected chi connectivity index (χ2v) is 6.15. The van der Waals surface area contributed by atoms with E-state index in [1.807, 2.05) is 42.5 Å². The monoisotopic (exact) mass is 374 g/mol. The van der Waals surface area contributed by atoms with Gasteiger partial charge in [-0.3, -0.25) is 4.79 Å². The number of hydrogen-bond acceptors (Lipinski definition) is 3. The molecule has 0 radical (unpaired) electrons. The number of H-pyrrole nitrogens is 2. The molecule has 1 aromatic heterocycles. The Hall–Kier alpha value is -2.73. The molecule has 3 rings (SSSR count). The van der Waals surface area contributed by atoms with Crippen molar-refractivity contribution in [3.63, 3.8) is 0 Å². The van der Waals surface area contributed by atoms with Gasteiger partial charge in [0, 0.05) is 18.7 Å². The molecule has 0 fully saturated rings. The van der Waals surface area contributed by atoms with Gasteiger partial charge in [0.05, 0.1) is 11.0 Å². The molecule has 0 aliphatic carbocycles. The number of carbonyl (C=O) groups excluding carboxylic acids is 1. The van der Waals surface area contributed by atoms with Gasteiger partial charge in [0.25, 0.3) is 0 Å². The minimum Gasteiger partial charge on any atom is -0.399 e. The van der Waals surface area contributed by atoms with E-state index in [4.69, 9.17) is 5.73 Å². The molecule has 3 aromatic rings. The van der Waals surface area contributed by atoms with Gasteiger partial charge < -0.3 is 21.0 Å². The van der Waals surface area contributed by atoms with E-state index in [9.17, 15) is 9.59 Å². The van der Waals surface area contributed by atoms with E-state index in [0.717, 1.165) is 47.1 Å². The molecule has 5 N–H and O–H groups in total. The van der Waals surface area contributed by atoms with Crippen molar-refractivity contribution in [2.75, 3.05) is 12.3 Å². The highest BCUT2D eigenvalue weighted by Crippen LogP contribution is 2.12. The summed E-state index contributed by atoms with van der Waals surface area (Å²) in [5.74, 6) is 0.0616. The summed E-state index contributed by atoms with van der Waals surface area (Å²) in [5.41, 5.74) is 10.1. The Bertz CT molecular complexity index is 915. The SMILES string of the molecule is Cl.Nc1ccc(CCNC(=O)CCCc2ccc3[nH]c(=O)[nH]c3c2)cc1. The molecular formula is C19H23ClN4O2. The molecule has 1 amide bonds. The summed E-state index contributed by atoms with van der Waals surface area (Å²) < 4.78 is 0. The maximum absolute atomic E-state index is 11.9. The number of benzene rings is 2. The Morgan fingerprint density at radius 2 is 1.65 bits per heavy atom. The molecule has 0 bridgehead atoms. The number of amides is 1. The van der Waals surface area contributed by atoms with Crippen LogP contribution in [-0.4, -0.2) is 22.4 Å². The van der Waals surface area contributed by atoms with Gasteiger partial charge in [-0.1, -0.05) is 18.2 Å². The fraction of sp³-hybridized carbons (Fsp3) is 0.263. The number of aromatic amines is 2. The van der Waals surface area contributed by atoms with Gasteiger partial charge in [0.1, 0.15) is 0 Å². The van der Waals surface area contributed by atoms with Crippen LogP contribution >= 0.6 is 12.4 Å². The number of hydrogen-bond donors (Lipinski definition) is 4. The van der Waals surface area contributed by atoms with E-state index in [1.54, 1.807) is 0 Å². The highest BCUT2D eigenvalue weighted by Gasteiger charge is 2.04. The van der Waals surface area contributed by atoms with Crippen LogP contribution in [0.5, 0.6) is 0 Å². The lowest BCUT2D eigenvalue weighted by Gasteiger charge is -2.06. The molecule has 0 unspecified atom stereocenters. The first-order valence-corrected chi connectivity index (χ1v) is 8.42. The zero-order chi connectivity index (χ0) is 17.6. The fourth-order valence-corrected chi connectivity index (χ4v) is 2.81. The summed E-state index contributed by atoms with van der Waals surface area (Å²) >= 11 is 0. The lowest BCUT2D eigenvalue weighted by atomic mass is 10.1. The third kappa shape index (κ3) is 5.39. The predicted molar refractivity (Wildman–Crippen MR) is 107 cm³/mol. The van der Waals surface area contributed by atoms with E-state index >= 15 is 0 Å². The first-order valence-electron chi connectivity index (χ1n) is 8.42. The highest BCUT2D eigenvalue weighted by atomic mass is 35.5. The minimum atomic E-state index is -0.201. The largest absolute Gasteiger partial charge is 0.399 e. The minimum absolute atomic E-state index is 0. The molecule has 0 saturated heterocycles. The van der Waals surface area contributed by atoms with E-state index in [-0.39, 0.29) is 24.0 Å². The first kappa shape index (κ1) is 19.6. The summed E-state index contributed by atoms with van der Waals surface area (Å²) in [4.78, 5) is 28.6. The van der Waals surface area contributed by atoms with Crippen molar-refractivity contribution in [1.29, 1.82) is 0 Å². The maximum Gasteiger partial charge on any atom is 0.323 e. The number of rotatable bonds is 7. The summed E-state index contributed by atoms with van der Waals surface area (Å²) in [7, 11) is 0. The standard InChI is InChI=1S/C19H22N4O2.ClH/c20-15-7-4-13(5-8-15)10-11-21-18(24)3-1-2-14-6-9-16-17(12-14)23-19(25)22-16;/h4-9,12H,1-3,10-11,20H2,(H,21,24)(H2,22,23,25);1H. The quantitative estimate of drug-likeness (QED) is 0.478. The van der Waals surface area contributed by atoms with Gasteiger partial charge in [-0.15, -0.1) is 12.4 Å². The summed E-state index contributed by atoms with van der Waals surface area (Å²) in [6, 6.07) is 13.5. The average Bonchev–Trinajstić information content (AvgIpc) is 2.96. The van der Waals surface area contributed by atoms with Crippen LogP contribution in [0.3, 0.4) is 0 Å². The van der Waals surface area contributed by atoms with Crippen LogP contribution in [0.4, 0.5) is 5.69 Å². The van der Waals surface area contributed by atoms with Crippen LogP contribution in [0, 0.1) is 0 Å². The maximum atomic E-state index is 11.9. The second-order valence-electron chi connectivity index (χ2n) is 6.15. The van der Waals surface area contributed by atoms with Crippen molar-refractivity contribution in [3.8, 4) is 0 Å². The van der Waals surface area contributed by atoms with Crippen molar-refractivity contribution in [2.24, 2.45) is 0 Å². The number of nitrogens with one attached hydrogen (secondary N) is 3. The van der Waals surface area contributed by atoms with Crippen LogP contribution < -0.4 is 16.7 Å². The highest BCUT2D eigenvalue weighted by molar-refractivity contribution is 5.85. The topological polar surface area (TPSA) is 104 Å². The Labute approximate surface area is 157 Å². The molecule has 7 heteroatoms. The third-order valence-electron chi connectivity index (χ3n) is 4.17. The normalized spacial score (nSPS) is 10.5. The number of aryl methyl sites for hydroxylation is 1. The van der Waals surface area contributed by atoms with Gasteiger partial charge in [0.2, 0.25) is 5.91 Å². The summed E-state index contributed by atoms with van der Waals surface area (Å²) in [6.45, 7) is 0.624. The van der Waals surface area contributed by atoms with Crippen molar-refractivity contribution < 1.29 is 4.79 Å². The third-order valence-corrected chi connectivity index (χ3v) is 4.17. The number of aromatic nitrogens is 2. The van der Waals surface area contributed by atoms with E-state index in [2.05, 4.69) is 15.3 Å². The lowest BCUT2D eigenvalue weighted by molar-refractivity contribution is -0.121. The molecule has 2 aromatic carbocycles. The van der Waals surface area contributed by atoms with Crippen LogP contribution in [-0.2, 0) is 17.6 Å². The van der Waals surface area contributed by atoms with E-state index < -0.39 is 0 Å². The van der Waals surface area contributed by atoms with Crippen molar-refractivity contribution in [1.82, 2.24) is 15.3 Å². The van der Waals surface area contributed by atoms with Gasteiger partial charge in [-0.25, -0.2) is 4.79 Å². The summed E-state index contributed by atoms with van der Waals surface area (Å²) in [5, 5.41) is 2.94. The van der Waals surface area contributed by atoms with Crippen LogP contribution in [0.2, 0.25) is 0 Å². The molecule has 138 valence electrons. The number of anilines is 1. The van der Waals surface area contributed by atoms with Gasteiger partial charge in [-0.2, -0.15) is 0 Å². The van der Waals surface area contributed by atoms with Crippen molar-refractivity contribution in [2.45, 2.75) is 25.7 Å². The molecule has 0 aliphatic rings. The van der Waals surface area contributed by atoms with Gasteiger partial charge >= 0.3 is 5.69 Å². The molecule has 26 heavy (non-hydrogen) atoms. The van der Waals surface area contributed by atoms with Gasteiger partial charge in [-0.05, 0) is 54.7 Å². The van der Waals surface area contributed by atoms with Crippen molar-refractivity contribution >= 4 is 35.0 Å². The summed E-state index contributed by atoms with van der Waals surface area (Å²) in [6.07, 6.45) is 2.86. The van der Waals surface area contributed by atoms with Crippen LogP contribution in [0.25, 0.3) is 11.0 Å².